The summed E-state index contributed by atoms with van der Waals surface area (Å²) in [5.74, 6) is 0.572. The Bertz CT molecular complexity index is 591. The standard InChI is InChI=1S/C19H30N4O2/c1-4-23(14-16-10-11-22(3)13-16)19(25)21-17-7-5-6-15(12-17)8-9-18(24)20-2/h5-7,12,16H,4,8-11,13-14H2,1-3H3,(H,20,24)(H,21,25). The molecule has 0 spiro atoms. The average Bonchev–Trinajstić information content (AvgIpc) is 3.02. The van der Waals surface area contributed by atoms with Crippen LogP contribution in [0.3, 0.4) is 0 Å². The third-order valence-corrected chi connectivity index (χ3v) is 4.73. The van der Waals surface area contributed by atoms with Gasteiger partial charge in [-0.2, -0.15) is 0 Å². The lowest BCUT2D eigenvalue weighted by molar-refractivity contribution is -0.120. The van der Waals surface area contributed by atoms with E-state index in [2.05, 4.69) is 22.6 Å². The normalized spacial score (nSPS) is 17.3. The van der Waals surface area contributed by atoms with Crippen molar-refractivity contribution in [1.82, 2.24) is 15.1 Å². The van der Waals surface area contributed by atoms with Crippen LogP contribution in [-0.2, 0) is 11.2 Å². The number of anilines is 1. The molecule has 1 aromatic rings. The third kappa shape index (κ3) is 6.05. The van der Waals surface area contributed by atoms with E-state index < -0.39 is 0 Å². The second-order valence-electron chi connectivity index (χ2n) is 6.76. The Morgan fingerprint density at radius 2 is 2.16 bits per heavy atom. The van der Waals surface area contributed by atoms with Crippen molar-refractivity contribution in [2.75, 3.05) is 45.6 Å². The monoisotopic (exact) mass is 346 g/mol. The molecule has 1 aliphatic rings. The number of carbonyl (C=O) groups is 2. The van der Waals surface area contributed by atoms with E-state index in [-0.39, 0.29) is 11.9 Å². The number of hydrogen-bond acceptors (Lipinski definition) is 3. The van der Waals surface area contributed by atoms with E-state index in [9.17, 15) is 9.59 Å². The Morgan fingerprint density at radius 1 is 1.36 bits per heavy atom. The molecule has 2 N–H and O–H groups in total. The molecule has 1 aromatic carbocycles. The van der Waals surface area contributed by atoms with Crippen molar-refractivity contribution in [3.05, 3.63) is 29.8 Å². The van der Waals surface area contributed by atoms with Crippen LogP contribution in [0.1, 0.15) is 25.3 Å². The fraction of sp³-hybridized carbons (Fsp3) is 0.579. The van der Waals surface area contributed by atoms with Gasteiger partial charge in [0.2, 0.25) is 5.91 Å². The van der Waals surface area contributed by atoms with Crippen molar-refractivity contribution >= 4 is 17.6 Å². The minimum Gasteiger partial charge on any atom is -0.359 e. The van der Waals surface area contributed by atoms with E-state index >= 15 is 0 Å². The van der Waals surface area contributed by atoms with Crippen molar-refractivity contribution in [2.45, 2.75) is 26.2 Å². The number of hydrogen-bond donors (Lipinski definition) is 2. The summed E-state index contributed by atoms with van der Waals surface area (Å²) in [6, 6.07) is 7.67. The number of benzene rings is 1. The second kappa shape index (κ2) is 9.42. The second-order valence-corrected chi connectivity index (χ2v) is 6.76. The van der Waals surface area contributed by atoms with Gasteiger partial charge in [-0.25, -0.2) is 4.79 Å². The summed E-state index contributed by atoms with van der Waals surface area (Å²) >= 11 is 0. The largest absolute Gasteiger partial charge is 0.359 e. The van der Waals surface area contributed by atoms with Crippen LogP contribution in [0.25, 0.3) is 0 Å². The van der Waals surface area contributed by atoms with Gasteiger partial charge in [-0.3, -0.25) is 4.79 Å². The molecule has 3 amide bonds. The zero-order chi connectivity index (χ0) is 18.2. The Labute approximate surface area is 150 Å². The fourth-order valence-electron chi connectivity index (χ4n) is 3.23. The first-order valence-corrected chi connectivity index (χ1v) is 9.05. The zero-order valence-electron chi connectivity index (χ0n) is 15.5. The topological polar surface area (TPSA) is 64.7 Å². The van der Waals surface area contributed by atoms with Crippen LogP contribution < -0.4 is 10.6 Å². The molecule has 2 rings (SSSR count). The summed E-state index contributed by atoms with van der Waals surface area (Å²) in [5.41, 5.74) is 1.82. The molecule has 25 heavy (non-hydrogen) atoms. The molecule has 0 aromatic heterocycles. The number of nitrogens with one attached hydrogen (secondary N) is 2. The summed E-state index contributed by atoms with van der Waals surface area (Å²) in [6.45, 7) is 5.67. The van der Waals surface area contributed by atoms with Gasteiger partial charge in [0.25, 0.3) is 0 Å². The van der Waals surface area contributed by atoms with E-state index in [0.717, 1.165) is 37.3 Å². The van der Waals surface area contributed by atoms with Crippen LogP contribution in [0.5, 0.6) is 0 Å². The van der Waals surface area contributed by atoms with Gasteiger partial charge in [-0.05, 0) is 57.0 Å². The molecule has 1 saturated heterocycles. The maximum Gasteiger partial charge on any atom is 0.321 e. The first-order chi connectivity index (χ1) is 12.0. The zero-order valence-corrected chi connectivity index (χ0v) is 15.5. The van der Waals surface area contributed by atoms with Gasteiger partial charge in [0.1, 0.15) is 0 Å². The smallest absolute Gasteiger partial charge is 0.321 e. The molecule has 0 aliphatic carbocycles. The Morgan fingerprint density at radius 3 is 2.80 bits per heavy atom. The number of aryl methyl sites for hydroxylation is 1. The minimum absolute atomic E-state index is 0.0214. The van der Waals surface area contributed by atoms with E-state index in [4.69, 9.17) is 0 Å². The number of urea groups is 1. The predicted molar refractivity (Wildman–Crippen MR) is 101 cm³/mol. The third-order valence-electron chi connectivity index (χ3n) is 4.73. The SMILES string of the molecule is CCN(CC1CCN(C)C1)C(=O)Nc1cccc(CCC(=O)NC)c1. The average molecular weight is 346 g/mol. The molecular formula is C19H30N4O2. The van der Waals surface area contributed by atoms with Crippen LogP contribution >= 0.6 is 0 Å². The summed E-state index contributed by atoms with van der Waals surface area (Å²) < 4.78 is 0. The highest BCUT2D eigenvalue weighted by Gasteiger charge is 2.23. The van der Waals surface area contributed by atoms with Gasteiger partial charge in [0.05, 0.1) is 0 Å². The summed E-state index contributed by atoms with van der Waals surface area (Å²) in [4.78, 5) is 28.1. The van der Waals surface area contributed by atoms with E-state index in [1.807, 2.05) is 36.1 Å². The maximum atomic E-state index is 12.6. The van der Waals surface area contributed by atoms with Crippen LogP contribution in [0.2, 0.25) is 0 Å². The number of likely N-dealkylation sites (tertiary alicyclic amines) is 1. The summed E-state index contributed by atoms with van der Waals surface area (Å²) in [5, 5.41) is 5.62. The molecule has 1 fully saturated rings. The maximum absolute atomic E-state index is 12.6. The first kappa shape index (κ1) is 19.2. The Hall–Kier alpha value is -2.08. The van der Waals surface area contributed by atoms with Crippen molar-refractivity contribution in [1.29, 1.82) is 0 Å². The van der Waals surface area contributed by atoms with E-state index in [1.54, 1.807) is 7.05 Å². The number of carbonyl (C=O) groups excluding carboxylic acids is 2. The summed E-state index contributed by atoms with van der Waals surface area (Å²) in [7, 11) is 3.76. The van der Waals surface area contributed by atoms with Crippen molar-refractivity contribution in [3.63, 3.8) is 0 Å². The first-order valence-electron chi connectivity index (χ1n) is 9.05. The van der Waals surface area contributed by atoms with Crippen molar-refractivity contribution in [3.8, 4) is 0 Å². The Balaban J connectivity index is 1.90. The van der Waals surface area contributed by atoms with Crippen LogP contribution in [0.15, 0.2) is 24.3 Å². The van der Waals surface area contributed by atoms with Gasteiger partial charge < -0.3 is 20.4 Å². The molecule has 0 saturated carbocycles. The minimum atomic E-state index is -0.0551. The molecule has 1 unspecified atom stereocenters. The lowest BCUT2D eigenvalue weighted by Gasteiger charge is -2.24. The number of rotatable bonds is 7. The number of nitrogens with zero attached hydrogens (tertiary/aromatic N) is 2. The van der Waals surface area contributed by atoms with E-state index in [1.165, 1.54) is 0 Å². The molecule has 6 heteroatoms. The molecule has 1 heterocycles. The lowest BCUT2D eigenvalue weighted by atomic mass is 10.1. The molecule has 6 nitrogen and oxygen atoms in total. The van der Waals surface area contributed by atoms with Crippen LogP contribution in [-0.4, -0.2) is 62.0 Å². The highest BCUT2D eigenvalue weighted by Crippen LogP contribution is 2.17. The van der Waals surface area contributed by atoms with Gasteiger partial charge in [0, 0.05) is 38.8 Å². The highest BCUT2D eigenvalue weighted by molar-refractivity contribution is 5.89. The molecule has 138 valence electrons. The molecule has 0 radical (unpaired) electrons. The fourth-order valence-corrected chi connectivity index (χ4v) is 3.23. The van der Waals surface area contributed by atoms with Crippen LogP contribution in [0.4, 0.5) is 10.5 Å². The van der Waals surface area contributed by atoms with Crippen molar-refractivity contribution in [2.24, 2.45) is 5.92 Å². The van der Waals surface area contributed by atoms with E-state index in [0.29, 0.717) is 25.3 Å². The number of amides is 3. The summed E-state index contributed by atoms with van der Waals surface area (Å²) in [6.07, 6.45) is 2.26. The quantitative estimate of drug-likeness (QED) is 0.795. The van der Waals surface area contributed by atoms with Crippen LogP contribution in [0, 0.1) is 5.92 Å². The molecule has 1 atom stereocenters. The van der Waals surface area contributed by atoms with Gasteiger partial charge >= 0.3 is 6.03 Å². The molecular weight excluding hydrogens is 316 g/mol. The predicted octanol–water partition coefficient (Wildman–Crippen LogP) is 2.17. The lowest BCUT2D eigenvalue weighted by Crippen LogP contribution is -2.38. The molecule has 1 aliphatic heterocycles. The van der Waals surface area contributed by atoms with Gasteiger partial charge in [0.15, 0.2) is 0 Å². The van der Waals surface area contributed by atoms with Gasteiger partial charge in [-0.1, -0.05) is 12.1 Å². The van der Waals surface area contributed by atoms with Gasteiger partial charge in [-0.15, -0.1) is 0 Å². The van der Waals surface area contributed by atoms with Crippen molar-refractivity contribution < 1.29 is 9.59 Å². The Kier molecular flexibility index (Phi) is 7.25. The highest BCUT2D eigenvalue weighted by atomic mass is 16.2. The molecule has 0 bridgehead atoms.